The van der Waals surface area contributed by atoms with Gasteiger partial charge in [0.05, 0.1) is 0 Å². The number of aromatic amines is 1. The van der Waals surface area contributed by atoms with Gasteiger partial charge in [-0.1, -0.05) is 12.1 Å². The minimum atomic E-state index is -1.24. The van der Waals surface area contributed by atoms with Crippen molar-refractivity contribution in [1.29, 1.82) is 0 Å². The molecule has 1 aliphatic heterocycles. The van der Waals surface area contributed by atoms with Gasteiger partial charge in [0.1, 0.15) is 17.2 Å². The van der Waals surface area contributed by atoms with Gasteiger partial charge in [-0.2, -0.15) is 0 Å². The highest BCUT2D eigenvalue weighted by Gasteiger charge is 2.43. The van der Waals surface area contributed by atoms with E-state index in [-0.39, 0.29) is 18.1 Å². The largest absolute Gasteiger partial charge is 0.354 e. The van der Waals surface area contributed by atoms with E-state index in [0.717, 1.165) is 11.1 Å². The van der Waals surface area contributed by atoms with Gasteiger partial charge in [0.25, 0.3) is 5.91 Å². The van der Waals surface area contributed by atoms with Crippen LogP contribution in [0.15, 0.2) is 66.7 Å². The predicted octanol–water partition coefficient (Wildman–Crippen LogP) is 4.74. The van der Waals surface area contributed by atoms with Crippen LogP contribution in [-0.4, -0.2) is 22.8 Å². The first-order valence-corrected chi connectivity index (χ1v) is 11.3. The number of anilines is 1. The van der Waals surface area contributed by atoms with E-state index in [0.29, 0.717) is 34.3 Å². The maximum absolute atomic E-state index is 14.0. The number of aryl methyl sites for hydroxylation is 1. The van der Waals surface area contributed by atoms with Crippen molar-refractivity contribution >= 4 is 34.4 Å². The van der Waals surface area contributed by atoms with Crippen molar-refractivity contribution in [3.63, 3.8) is 0 Å². The van der Waals surface area contributed by atoms with Gasteiger partial charge in [-0.3, -0.25) is 14.9 Å². The third kappa shape index (κ3) is 4.31. The van der Waals surface area contributed by atoms with E-state index in [1.54, 1.807) is 49.4 Å². The number of amides is 4. The molecule has 1 aromatic heterocycles. The molecular formula is C27H22F2N4O3. The minimum Gasteiger partial charge on any atom is -0.354 e. The Morgan fingerprint density at radius 3 is 2.44 bits per heavy atom. The second-order valence-electron chi connectivity index (χ2n) is 8.84. The number of aromatic nitrogens is 1. The molecule has 0 spiro atoms. The standard InChI is InChI=1S/C27H22F2N4O3/c1-27(25(35)32-26(36)33-27)16-3-2-4-19(13-16)30-23(34)12-10-20-21-14-18(29)9-11-22(21)31-24(20)15-5-7-17(28)8-6-15/h2-9,11,13-14,31H,10,12H2,1H3,(H,30,34)(H2,32,33,35,36). The predicted molar refractivity (Wildman–Crippen MR) is 131 cm³/mol. The molecule has 4 amide bonds. The monoisotopic (exact) mass is 488 g/mol. The lowest BCUT2D eigenvalue weighted by atomic mass is 9.92. The van der Waals surface area contributed by atoms with Crippen LogP contribution in [0.2, 0.25) is 0 Å². The summed E-state index contributed by atoms with van der Waals surface area (Å²) in [7, 11) is 0. The summed E-state index contributed by atoms with van der Waals surface area (Å²) in [6.07, 6.45) is 0.397. The number of hydrogen-bond acceptors (Lipinski definition) is 3. The molecule has 3 aromatic carbocycles. The summed E-state index contributed by atoms with van der Waals surface area (Å²) >= 11 is 0. The van der Waals surface area contributed by atoms with Gasteiger partial charge in [-0.05, 0) is 84.6 Å². The number of hydrogen-bond donors (Lipinski definition) is 4. The van der Waals surface area contributed by atoms with Crippen molar-refractivity contribution < 1.29 is 23.2 Å². The molecule has 1 fully saturated rings. The molecule has 36 heavy (non-hydrogen) atoms. The first-order chi connectivity index (χ1) is 17.2. The number of carbonyl (C=O) groups is 3. The normalized spacial score (nSPS) is 17.2. The third-order valence-electron chi connectivity index (χ3n) is 6.37. The van der Waals surface area contributed by atoms with Crippen molar-refractivity contribution in [2.75, 3.05) is 5.32 Å². The van der Waals surface area contributed by atoms with E-state index < -0.39 is 23.3 Å². The number of halogens is 2. The van der Waals surface area contributed by atoms with Gasteiger partial charge in [0, 0.05) is 28.7 Å². The third-order valence-corrected chi connectivity index (χ3v) is 6.37. The lowest BCUT2D eigenvalue weighted by Gasteiger charge is -2.21. The van der Waals surface area contributed by atoms with E-state index in [4.69, 9.17) is 0 Å². The number of benzene rings is 3. The number of urea groups is 1. The molecule has 4 N–H and O–H groups in total. The van der Waals surface area contributed by atoms with Gasteiger partial charge in [-0.25, -0.2) is 13.6 Å². The van der Waals surface area contributed by atoms with Crippen LogP contribution in [0.5, 0.6) is 0 Å². The average Bonchev–Trinajstić information content (AvgIpc) is 3.34. The van der Waals surface area contributed by atoms with E-state index in [9.17, 15) is 23.2 Å². The molecule has 0 radical (unpaired) electrons. The fourth-order valence-corrected chi connectivity index (χ4v) is 4.46. The Morgan fingerprint density at radius 2 is 1.72 bits per heavy atom. The summed E-state index contributed by atoms with van der Waals surface area (Å²) in [5.41, 5.74) is 2.63. The van der Waals surface area contributed by atoms with Gasteiger partial charge in [0.2, 0.25) is 5.91 Å². The molecule has 1 atom stereocenters. The zero-order valence-corrected chi connectivity index (χ0v) is 19.2. The Balaban J connectivity index is 1.37. The molecule has 0 bridgehead atoms. The van der Waals surface area contributed by atoms with Crippen molar-refractivity contribution in [3.8, 4) is 11.3 Å². The number of fused-ring (bicyclic) bond motifs is 1. The molecule has 1 unspecified atom stereocenters. The Kier molecular flexibility index (Phi) is 5.75. The Hall–Kier alpha value is -4.53. The topological polar surface area (TPSA) is 103 Å². The van der Waals surface area contributed by atoms with E-state index in [2.05, 4.69) is 20.9 Å². The highest BCUT2D eigenvalue weighted by Crippen LogP contribution is 2.32. The molecule has 9 heteroatoms. The molecule has 1 aliphatic rings. The maximum Gasteiger partial charge on any atom is 0.322 e. The second-order valence-corrected chi connectivity index (χ2v) is 8.84. The van der Waals surface area contributed by atoms with Crippen molar-refractivity contribution in [1.82, 2.24) is 15.6 Å². The number of carbonyl (C=O) groups excluding carboxylic acids is 3. The van der Waals surface area contributed by atoms with Crippen LogP contribution in [0, 0.1) is 11.6 Å². The SMILES string of the molecule is CC1(c2cccc(NC(=O)CCc3c(-c4ccc(F)cc4)[nH]c4ccc(F)cc34)c2)NC(=O)NC1=O. The number of H-pyrrole nitrogens is 1. The lowest BCUT2D eigenvalue weighted by molar-refractivity contribution is -0.123. The summed E-state index contributed by atoms with van der Waals surface area (Å²) in [6.45, 7) is 1.58. The Bertz CT molecular complexity index is 1510. The highest BCUT2D eigenvalue weighted by molar-refractivity contribution is 6.07. The first-order valence-electron chi connectivity index (χ1n) is 11.3. The Labute approximate surface area is 204 Å². The zero-order chi connectivity index (χ0) is 25.4. The van der Waals surface area contributed by atoms with Crippen LogP contribution in [0.4, 0.5) is 19.3 Å². The smallest absolute Gasteiger partial charge is 0.322 e. The van der Waals surface area contributed by atoms with Gasteiger partial charge in [0.15, 0.2) is 0 Å². The average molecular weight is 488 g/mol. The van der Waals surface area contributed by atoms with E-state index >= 15 is 0 Å². The molecule has 0 saturated carbocycles. The van der Waals surface area contributed by atoms with E-state index in [1.807, 2.05) is 0 Å². The van der Waals surface area contributed by atoms with Crippen LogP contribution in [0.25, 0.3) is 22.2 Å². The summed E-state index contributed by atoms with van der Waals surface area (Å²) in [5.74, 6) is -1.53. The summed E-state index contributed by atoms with van der Waals surface area (Å²) < 4.78 is 27.5. The highest BCUT2D eigenvalue weighted by atomic mass is 19.1. The minimum absolute atomic E-state index is 0.0936. The fraction of sp³-hybridized carbons (Fsp3) is 0.148. The Morgan fingerprint density at radius 1 is 0.972 bits per heavy atom. The molecule has 2 heterocycles. The van der Waals surface area contributed by atoms with Gasteiger partial charge < -0.3 is 15.6 Å². The number of rotatable bonds is 6. The number of imide groups is 1. The van der Waals surface area contributed by atoms with Crippen molar-refractivity contribution in [2.24, 2.45) is 0 Å². The van der Waals surface area contributed by atoms with Gasteiger partial charge in [-0.15, -0.1) is 0 Å². The van der Waals surface area contributed by atoms with Crippen molar-refractivity contribution in [2.45, 2.75) is 25.3 Å². The van der Waals surface area contributed by atoms with Crippen LogP contribution < -0.4 is 16.0 Å². The molecular weight excluding hydrogens is 466 g/mol. The van der Waals surface area contributed by atoms with Crippen LogP contribution >= 0.6 is 0 Å². The quantitative estimate of drug-likeness (QED) is 0.295. The summed E-state index contributed by atoms with van der Waals surface area (Å²) in [4.78, 5) is 39.9. The first kappa shape index (κ1) is 23.2. The lowest BCUT2D eigenvalue weighted by Crippen LogP contribution is -2.40. The molecule has 5 rings (SSSR count). The van der Waals surface area contributed by atoms with Crippen LogP contribution in [0.1, 0.15) is 24.5 Å². The fourth-order valence-electron chi connectivity index (χ4n) is 4.46. The van der Waals surface area contributed by atoms with E-state index in [1.165, 1.54) is 24.3 Å². The molecule has 0 aliphatic carbocycles. The summed E-state index contributed by atoms with van der Waals surface area (Å²) in [6, 6.07) is 16.5. The maximum atomic E-state index is 14.0. The molecule has 4 aromatic rings. The van der Waals surface area contributed by atoms with Crippen LogP contribution in [0.3, 0.4) is 0 Å². The molecule has 7 nitrogen and oxygen atoms in total. The van der Waals surface area contributed by atoms with Crippen molar-refractivity contribution in [3.05, 3.63) is 89.5 Å². The molecule has 1 saturated heterocycles. The summed E-state index contributed by atoms with van der Waals surface area (Å²) in [5, 5.41) is 8.29. The van der Waals surface area contributed by atoms with Gasteiger partial charge >= 0.3 is 6.03 Å². The zero-order valence-electron chi connectivity index (χ0n) is 19.2. The second kappa shape index (κ2) is 8.92. The number of nitrogens with one attached hydrogen (secondary N) is 4. The molecule has 182 valence electrons. The van der Waals surface area contributed by atoms with Crippen LogP contribution in [-0.2, 0) is 21.5 Å².